The molecule has 126 valence electrons. The summed E-state index contributed by atoms with van der Waals surface area (Å²) in [5.74, 6) is -0.294. The van der Waals surface area contributed by atoms with Gasteiger partial charge in [-0.05, 0) is 52.4 Å². The van der Waals surface area contributed by atoms with Gasteiger partial charge < -0.3 is 20.5 Å². The normalized spacial score (nSPS) is 23.3. The van der Waals surface area contributed by atoms with Gasteiger partial charge >= 0.3 is 12.1 Å². The summed E-state index contributed by atoms with van der Waals surface area (Å²) >= 11 is 0. The van der Waals surface area contributed by atoms with Crippen LogP contribution in [0, 0.1) is 5.92 Å². The van der Waals surface area contributed by atoms with Crippen LogP contribution in [0.5, 0.6) is 0 Å². The number of rotatable bonds is 5. The fraction of sp³-hybridized carbons (Fsp3) is 0.750. The predicted octanol–water partition coefficient (Wildman–Crippen LogP) is 2.13. The smallest absolute Gasteiger partial charge is 0.407 e. The lowest BCUT2D eigenvalue weighted by Crippen LogP contribution is -2.45. The van der Waals surface area contributed by atoms with Crippen molar-refractivity contribution in [2.24, 2.45) is 11.7 Å². The molecular weight excluding hydrogens is 284 g/mol. The lowest BCUT2D eigenvalue weighted by Gasteiger charge is -2.32. The molecule has 0 heterocycles. The molecule has 0 radical (unpaired) electrons. The summed E-state index contributed by atoms with van der Waals surface area (Å²) in [6, 6.07) is -0.537. The molecule has 1 unspecified atom stereocenters. The SMILES string of the molecule is C=CCOC(=O)C(N)C1CCC(NC(=O)OC(C)(C)C)CC1. The highest BCUT2D eigenvalue weighted by molar-refractivity contribution is 5.76. The zero-order valence-electron chi connectivity index (χ0n) is 13.8. The Morgan fingerprint density at radius 1 is 1.32 bits per heavy atom. The van der Waals surface area contributed by atoms with E-state index in [-0.39, 0.29) is 24.5 Å². The molecule has 0 aromatic heterocycles. The Hall–Kier alpha value is -1.56. The molecule has 1 aliphatic rings. The summed E-state index contributed by atoms with van der Waals surface area (Å²) < 4.78 is 10.2. The van der Waals surface area contributed by atoms with Gasteiger partial charge in [-0.2, -0.15) is 0 Å². The van der Waals surface area contributed by atoms with Gasteiger partial charge in [0, 0.05) is 6.04 Å². The van der Waals surface area contributed by atoms with Crippen molar-refractivity contribution in [2.75, 3.05) is 6.61 Å². The minimum Gasteiger partial charge on any atom is -0.460 e. The summed E-state index contributed by atoms with van der Waals surface area (Å²) in [6.45, 7) is 9.17. The highest BCUT2D eigenvalue weighted by Crippen LogP contribution is 2.27. The largest absolute Gasteiger partial charge is 0.460 e. The number of carbonyl (C=O) groups is 2. The number of amides is 1. The monoisotopic (exact) mass is 312 g/mol. The number of nitrogens with two attached hydrogens (primary N) is 1. The molecule has 6 heteroatoms. The van der Waals surface area contributed by atoms with E-state index in [0.717, 1.165) is 25.7 Å². The first kappa shape index (κ1) is 18.5. The molecule has 3 N–H and O–H groups in total. The Kier molecular flexibility index (Phi) is 6.87. The van der Waals surface area contributed by atoms with Gasteiger partial charge in [0.2, 0.25) is 0 Å². The predicted molar refractivity (Wildman–Crippen MR) is 84.2 cm³/mol. The molecule has 1 aliphatic carbocycles. The molecular formula is C16H28N2O4. The van der Waals surface area contributed by atoms with Crippen molar-refractivity contribution in [3.8, 4) is 0 Å². The summed E-state index contributed by atoms with van der Waals surface area (Å²) in [7, 11) is 0. The maximum atomic E-state index is 11.7. The van der Waals surface area contributed by atoms with E-state index in [9.17, 15) is 9.59 Å². The zero-order chi connectivity index (χ0) is 16.8. The van der Waals surface area contributed by atoms with Crippen molar-refractivity contribution in [3.05, 3.63) is 12.7 Å². The molecule has 22 heavy (non-hydrogen) atoms. The average molecular weight is 312 g/mol. The molecule has 1 atom stereocenters. The lowest BCUT2D eigenvalue weighted by molar-refractivity contribution is -0.145. The third-order valence-electron chi connectivity index (χ3n) is 3.62. The molecule has 0 aromatic carbocycles. The maximum Gasteiger partial charge on any atom is 0.407 e. The summed E-state index contributed by atoms with van der Waals surface area (Å²) in [5.41, 5.74) is 5.44. The minimum atomic E-state index is -0.609. The topological polar surface area (TPSA) is 90.6 Å². The van der Waals surface area contributed by atoms with Crippen molar-refractivity contribution in [2.45, 2.75) is 64.1 Å². The van der Waals surface area contributed by atoms with E-state index < -0.39 is 17.7 Å². The van der Waals surface area contributed by atoms with Crippen molar-refractivity contribution < 1.29 is 19.1 Å². The molecule has 0 spiro atoms. The number of nitrogens with one attached hydrogen (secondary N) is 1. The quantitative estimate of drug-likeness (QED) is 0.599. The van der Waals surface area contributed by atoms with Crippen LogP contribution in [0.4, 0.5) is 4.79 Å². The highest BCUT2D eigenvalue weighted by Gasteiger charge is 2.31. The van der Waals surface area contributed by atoms with E-state index in [0.29, 0.717) is 0 Å². The molecule has 1 amide bonds. The van der Waals surface area contributed by atoms with Crippen LogP contribution in [0.15, 0.2) is 12.7 Å². The average Bonchev–Trinajstić information content (AvgIpc) is 2.42. The molecule has 6 nitrogen and oxygen atoms in total. The van der Waals surface area contributed by atoms with Crippen molar-refractivity contribution in [1.29, 1.82) is 0 Å². The van der Waals surface area contributed by atoms with E-state index in [1.807, 2.05) is 20.8 Å². The Bertz CT molecular complexity index is 395. The fourth-order valence-electron chi connectivity index (χ4n) is 2.53. The number of alkyl carbamates (subject to hydrolysis) is 1. The molecule has 0 saturated heterocycles. The zero-order valence-corrected chi connectivity index (χ0v) is 13.8. The van der Waals surface area contributed by atoms with Crippen molar-refractivity contribution >= 4 is 12.1 Å². The fourth-order valence-corrected chi connectivity index (χ4v) is 2.53. The van der Waals surface area contributed by atoms with Crippen LogP contribution in [0.3, 0.4) is 0 Å². The molecule has 1 rings (SSSR count). The second kappa shape index (κ2) is 8.17. The Morgan fingerprint density at radius 2 is 1.91 bits per heavy atom. The standard InChI is InChI=1S/C16H28N2O4/c1-5-10-21-14(19)13(17)11-6-8-12(9-7-11)18-15(20)22-16(2,3)4/h5,11-13H,1,6-10,17H2,2-4H3,(H,18,20). The van der Waals surface area contributed by atoms with E-state index in [2.05, 4.69) is 11.9 Å². The van der Waals surface area contributed by atoms with Gasteiger partial charge in [0.1, 0.15) is 18.2 Å². The first-order valence-electron chi connectivity index (χ1n) is 7.75. The number of carbonyl (C=O) groups excluding carboxylic acids is 2. The highest BCUT2D eigenvalue weighted by atomic mass is 16.6. The molecule has 0 aliphatic heterocycles. The maximum absolute atomic E-state index is 11.7. The van der Waals surface area contributed by atoms with Crippen LogP contribution in [0.1, 0.15) is 46.5 Å². The lowest BCUT2D eigenvalue weighted by atomic mass is 9.82. The van der Waals surface area contributed by atoms with Crippen molar-refractivity contribution in [1.82, 2.24) is 5.32 Å². The third kappa shape index (κ3) is 6.47. The van der Waals surface area contributed by atoms with Gasteiger partial charge in [-0.15, -0.1) is 0 Å². The second-order valence-corrected chi connectivity index (χ2v) is 6.70. The Balaban J connectivity index is 2.35. The van der Waals surface area contributed by atoms with E-state index in [4.69, 9.17) is 15.2 Å². The number of hydrogen-bond donors (Lipinski definition) is 2. The summed E-state index contributed by atoms with van der Waals surface area (Å²) in [4.78, 5) is 23.5. The van der Waals surface area contributed by atoms with Crippen LogP contribution in [-0.4, -0.2) is 36.4 Å². The van der Waals surface area contributed by atoms with Gasteiger partial charge in [0.15, 0.2) is 0 Å². The van der Waals surface area contributed by atoms with E-state index >= 15 is 0 Å². The summed E-state index contributed by atoms with van der Waals surface area (Å²) in [5, 5.41) is 2.87. The summed E-state index contributed by atoms with van der Waals surface area (Å²) in [6.07, 6.45) is 4.26. The number of esters is 1. The van der Waals surface area contributed by atoms with Crippen LogP contribution in [-0.2, 0) is 14.3 Å². The van der Waals surface area contributed by atoms with Crippen LogP contribution < -0.4 is 11.1 Å². The van der Waals surface area contributed by atoms with Gasteiger partial charge in [-0.25, -0.2) is 4.79 Å². The van der Waals surface area contributed by atoms with Gasteiger partial charge in [-0.1, -0.05) is 12.7 Å². The Morgan fingerprint density at radius 3 is 2.41 bits per heavy atom. The van der Waals surface area contributed by atoms with E-state index in [1.165, 1.54) is 6.08 Å². The van der Waals surface area contributed by atoms with Crippen molar-refractivity contribution in [3.63, 3.8) is 0 Å². The van der Waals surface area contributed by atoms with Gasteiger partial charge in [0.05, 0.1) is 0 Å². The second-order valence-electron chi connectivity index (χ2n) is 6.70. The van der Waals surface area contributed by atoms with E-state index in [1.54, 1.807) is 0 Å². The first-order chi connectivity index (χ1) is 10.2. The van der Waals surface area contributed by atoms with Crippen LogP contribution in [0.2, 0.25) is 0 Å². The van der Waals surface area contributed by atoms with Crippen LogP contribution >= 0.6 is 0 Å². The van der Waals surface area contributed by atoms with Gasteiger partial charge in [-0.3, -0.25) is 4.79 Å². The molecule has 0 aromatic rings. The third-order valence-corrected chi connectivity index (χ3v) is 3.62. The first-order valence-corrected chi connectivity index (χ1v) is 7.75. The molecule has 0 bridgehead atoms. The minimum absolute atomic E-state index is 0.0718. The Labute approximate surface area is 132 Å². The van der Waals surface area contributed by atoms with Crippen LogP contribution in [0.25, 0.3) is 0 Å². The number of hydrogen-bond acceptors (Lipinski definition) is 5. The van der Waals surface area contributed by atoms with Gasteiger partial charge in [0.25, 0.3) is 0 Å². The molecule has 1 fully saturated rings. The number of ether oxygens (including phenoxy) is 2. The molecule has 1 saturated carbocycles.